The summed E-state index contributed by atoms with van der Waals surface area (Å²) in [6.45, 7) is 4.05. The molecule has 2 unspecified atom stereocenters. The van der Waals surface area contributed by atoms with E-state index in [-0.39, 0.29) is 18.1 Å². The first-order valence-electron chi connectivity index (χ1n) is 6.99. The molecule has 0 aliphatic carbocycles. The van der Waals surface area contributed by atoms with Crippen LogP contribution in [0.2, 0.25) is 0 Å². The van der Waals surface area contributed by atoms with Crippen LogP contribution in [0.5, 0.6) is 5.75 Å². The Morgan fingerprint density at radius 1 is 1.50 bits per heavy atom. The fourth-order valence-electron chi connectivity index (χ4n) is 2.15. The molecule has 1 aromatic carbocycles. The van der Waals surface area contributed by atoms with E-state index in [0.717, 1.165) is 5.75 Å². The van der Waals surface area contributed by atoms with Gasteiger partial charge in [0.1, 0.15) is 5.75 Å². The van der Waals surface area contributed by atoms with Crippen molar-refractivity contribution in [1.29, 1.82) is 0 Å². The van der Waals surface area contributed by atoms with Crippen LogP contribution in [-0.4, -0.2) is 49.3 Å². The summed E-state index contributed by atoms with van der Waals surface area (Å²) in [6, 6.07) is 9.45. The molecule has 5 nitrogen and oxygen atoms in total. The maximum atomic E-state index is 12.1. The zero-order valence-corrected chi connectivity index (χ0v) is 11.8. The molecule has 0 spiro atoms. The minimum atomic E-state index is -0.0669. The van der Waals surface area contributed by atoms with Gasteiger partial charge in [-0.1, -0.05) is 18.2 Å². The van der Waals surface area contributed by atoms with Gasteiger partial charge in [-0.25, -0.2) is 0 Å². The molecule has 2 atom stereocenters. The molecule has 1 saturated heterocycles. The van der Waals surface area contributed by atoms with Gasteiger partial charge < -0.3 is 20.1 Å². The zero-order valence-electron chi connectivity index (χ0n) is 11.8. The third-order valence-corrected chi connectivity index (χ3v) is 3.36. The first kappa shape index (κ1) is 14.8. The molecule has 0 bridgehead atoms. The Labute approximate surface area is 119 Å². The lowest BCUT2D eigenvalue weighted by Crippen LogP contribution is -2.51. The van der Waals surface area contributed by atoms with Crippen molar-refractivity contribution in [2.24, 2.45) is 5.73 Å². The Bertz CT molecular complexity index is 422. The van der Waals surface area contributed by atoms with E-state index < -0.39 is 0 Å². The summed E-state index contributed by atoms with van der Waals surface area (Å²) in [7, 11) is 0. The van der Waals surface area contributed by atoms with Crippen molar-refractivity contribution in [2.75, 3.05) is 26.3 Å². The number of ether oxygens (including phenoxy) is 2. The van der Waals surface area contributed by atoms with E-state index in [9.17, 15) is 4.79 Å². The van der Waals surface area contributed by atoms with E-state index in [0.29, 0.717) is 32.7 Å². The van der Waals surface area contributed by atoms with E-state index in [2.05, 4.69) is 0 Å². The SMILES string of the molecule is CC(N)C1CN(C(=O)CCOc2ccccc2)CCO1. The summed E-state index contributed by atoms with van der Waals surface area (Å²) in [5.74, 6) is 0.880. The molecule has 5 heteroatoms. The number of hydrogen-bond acceptors (Lipinski definition) is 4. The van der Waals surface area contributed by atoms with Gasteiger partial charge in [-0.2, -0.15) is 0 Å². The Balaban J connectivity index is 1.74. The summed E-state index contributed by atoms with van der Waals surface area (Å²) < 4.78 is 11.1. The second-order valence-corrected chi connectivity index (χ2v) is 5.02. The van der Waals surface area contributed by atoms with Crippen molar-refractivity contribution in [3.8, 4) is 5.75 Å². The number of nitrogens with two attached hydrogens (primary N) is 1. The Morgan fingerprint density at radius 3 is 2.95 bits per heavy atom. The predicted octanol–water partition coefficient (Wildman–Crippen LogP) is 1.03. The third-order valence-electron chi connectivity index (χ3n) is 3.36. The molecular formula is C15H22N2O3. The molecule has 1 amide bonds. The smallest absolute Gasteiger partial charge is 0.226 e. The molecular weight excluding hydrogens is 256 g/mol. The van der Waals surface area contributed by atoms with Gasteiger partial charge in [-0.15, -0.1) is 0 Å². The number of benzene rings is 1. The molecule has 0 saturated carbocycles. The average Bonchev–Trinajstić information content (AvgIpc) is 2.48. The summed E-state index contributed by atoms with van der Waals surface area (Å²) in [4.78, 5) is 13.9. The Kier molecular flexibility index (Phi) is 5.38. The fraction of sp³-hybridized carbons (Fsp3) is 0.533. The van der Waals surface area contributed by atoms with Gasteiger partial charge in [-0.05, 0) is 19.1 Å². The van der Waals surface area contributed by atoms with Crippen LogP contribution in [0.25, 0.3) is 0 Å². The number of amides is 1. The minimum Gasteiger partial charge on any atom is -0.493 e. The van der Waals surface area contributed by atoms with Crippen LogP contribution in [0.1, 0.15) is 13.3 Å². The van der Waals surface area contributed by atoms with Crippen LogP contribution in [-0.2, 0) is 9.53 Å². The molecule has 1 aromatic rings. The second kappa shape index (κ2) is 7.26. The number of hydrogen-bond donors (Lipinski definition) is 1. The zero-order chi connectivity index (χ0) is 14.4. The molecule has 2 N–H and O–H groups in total. The van der Waals surface area contributed by atoms with Crippen molar-refractivity contribution in [2.45, 2.75) is 25.5 Å². The van der Waals surface area contributed by atoms with Gasteiger partial charge in [-0.3, -0.25) is 4.79 Å². The molecule has 1 heterocycles. The highest BCUT2D eigenvalue weighted by atomic mass is 16.5. The maximum absolute atomic E-state index is 12.1. The van der Waals surface area contributed by atoms with Crippen LogP contribution < -0.4 is 10.5 Å². The second-order valence-electron chi connectivity index (χ2n) is 5.02. The van der Waals surface area contributed by atoms with Crippen molar-refractivity contribution >= 4 is 5.91 Å². The van der Waals surface area contributed by atoms with Gasteiger partial charge in [0.15, 0.2) is 0 Å². The molecule has 110 valence electrons. The van der Waals surface area contributed by atoms with Crippen molar-refractivity contribution in [3.05, 3.63) is 30.3 Å². The van der Waals surface area contributed by atoms with E-state index >= 15 is 0 Å². The summed E-state index contributed by atoms with van der Waals surface area (Å²) >= 11 is 0. The van der Waals surface area contributed by atoms with Crippen LogP contribution in [0, 0.1) is 0 Å². The van der Waals surface area contributed by atoms with Gasteiger partial charge in [0.25, 0.3) is 0 Å². The van der Waals surface area contributed by atoms with Crippen LogP contribution >= 0.6 is 0 Å². The normalized spacial score (nSPS) is 20.5. The quantitative estimate of drug-likeness (QED) is 0.873. The van der Waals surface area contributed by atoms with Gasteiger partial charge in [0.2, 0.25) is 5.91 Å². The van der Waals surface area contributed by atoms with Crippen LogP contribution in [0.4, 0.5) is 0 Å². The number of morpholine rings is 1. The Hall–Kier alpha value is -1.59. The lowest BCUT2D eigenvalue weighted by atomic mass is 10.1. The molecule has 1 aliphatic heterocycles. The largest absolute Gasteiger partial charge is 0.493 e. The summed E-state index contributed by atoms with van der Waals surface area (Å²) in [6.07, 6.45) is 0.309. The maximum Gasteiger partial charge on any atom is 0.226 e. The predicted molar refractivity (Wildman–Crippen MR) is 76.5 cm³/mol. The molecule has 20 heavy (non-hydrogen) atoms. The molecule has 1 aliphatic rings. The summed E-state index contributed by atoms with van der Waals surface area (Å²) in [5, 5.41) is 0. The molecule has 1 fully saturated rings. The first-order chi connectivity index (χ1) is 9.66. The lowest BCUT2D eigenvalue weighted by Gasteiger charge is -2.34. The highest BCUT2D eigenvalue weighted by Gasteiger charge is 2.26. The van der Waals surface area contributed by atoms with Gasteiger partial charge in [0.05, 0.1) is 25.7 Å². The van der Waals surface area contributed by atoms with Crippen LogP contribution in [0.3, 0.4) is 0 Å². The topological polar surface area (TPSA) is 64.8 Å². The van der Waals surface area contributed by atoms with Crippen molar-refractivity contribution < 1.29 is 14.3 Å². The number of para-hydroxylation sites is 1. The first-order valence-corrected chi connectivity index (χ1v) is 6.99. The monoisotopic (exact) mass is 278 g/mol. The average molecular weight is 278 g/mol. The number of carbonyl (C=O) groups is 1. The number of nitrogens with zero attached hydrogens (tertiary/aromatic N) is 1. The standard InChI is InChI=1S/C15H22N2O3/c1-12(16)14-11-17(8-10-20-14)15(18)7-9-19-13-5-3-2-4-6-13/h2-6,12,14H,7-11,16H2,1H3. The van der Waals surface area contributed by atoms with E-state index in [1.54, 1.807) is 0 Å². The third kappa shape index (κ3) is 4.21. The Morgan fingerprint density at radius 2 is 2.25 bits per heavy atom. The van der Waals surface area contributed by atoms with Crippen LogP contribution in [0.15, 0.2) is 30.3 Å². The minimum absolute atomic E-state index is 0.0637. The van der Waals surface area contributed by atoms with E-state index in [4.69, 9.17) is 15.2 Å². The van der Waals surface area contributed by atoms with Crippen molar-refractivity contribution in [3.63, 3.8) is 0 Å². The number of carbonyl (C=O) groups excluding carboxylic acids is 1. The van der Waals surface area contributed by atoms with Crippen molar-refractivity contribution in [1.82, 2.24) is 4.90 Å². The van der Waals surface area contributed by atoms with Gasteiger partial charge in [0, 0.05) is 19.1 Å². The highest BCUT2D eigenvalue weighted by Crippen LogP contribution is 2.11. The summed E-state index contributed by atoms with van der Waals surface area (Å²) in [5.41, 5.74) is 5.82. The fourth-order valence-corrected chi connectivity index (χ4v) is 2.15. The molecule has 0 radical (unpaired) electrons. The van der Waals surface area contributed by atoms with E-state index in [1.165, 1.54) is 0 Å². The number of rotatable bonds is 5. The highest BCUT2D eigenvalue weighted by molar-refractivity contribution is 5.76. The lowest BCUT2D eigenvalue weighted by molar-refractivity contribution is -0.139. The molecule has 0 aromatic heterocycles. The molecule has 2 rings (SSSR count). The van der Waals surface area contributed by atoms with E-state index in [1.807, 2.05) is 42.2 Å². The van der Waals surface area contributed by atoms with Gasteiger partial charge >= 0.3 is 0 Å².